The maximum absolute atomic E-state index is 12.8. The van der Waals surface area contributed by atoms with Crippen molar-refractivity contribution in [3.63, 3.8) is 0 Å². The lowest BCUT2D eigenvalue weighted by molar-refractivity contribution is 0.0931. The number of nitrogens with one attached hydrogen (secondary N) is 1. The van der Waals surface area contributed by atoms with E-state index in [4.69, 9.17) is 9.47 Å². The summed E-state index contributed by atoms with van der Waals surface area (Å²) in [7, 11) is 0. The molecule has 0 spiro atoms. The molecule has 27 heavy (non-hydrogen) atoms. The highest BCUT2D eigenvalue weighted by atomic mass is 16.6. The topological polar surface area (TPSA) is 78.3 Å². The van der Waals surface area contributed by atoms with Crippen molar-refractivity contribution >= 4 is 5.91 Å². The lowest BCUT2D eigenvalue weighted by Crippen LogP contribution is -2.39. The quantitative estimate of drug-likeness (QED) is 0.725. The van der Waals surface area contributed by atoms with E-state index in [1.54, 1.807) is 29.2 Å². The Morgan fingerprint density at radius 2 is 1.93 bits per heavy atom. The van der Waals surface area contributed by atoms with Gasteiger partial charge in [-0.05, 0) is 30.2 Å². The fourth-order valence-corrected chi connectivity index (χ4v) is 3.07. The van der Waals surface area contributed by atoms with Gasteiger partial charge in [0.2, 0.25) is 0 Å². The molecule has 1 aliphatic heterocycles. The third-order valence-corrected chi connectivity index (χ3v) is 4.34. The maximum Gasteiger partial charge on any atom is 0.251 e. The lowest BCUT2D eigenvalue weighted by Gasteiger charge is -2.21. The first-order chi connectivity index (χ1) is 13.3. The summed E-state index contributed by atoms with van der Waals surface area (Å²) in [5.74, 6) is 1.11. The van der Waals surface area contributed by atoms with Crippen molar-refractivity contribution in [2.75, 3.05) is 13.2 Å². The number of nitrogens with zero attached hydrogens (tertiary/aromatic N) is 3. The number of benzene rings is 2. The molecule has 2 aromatic carbocycles. The lowest BCUT2D eigenvalue weighted by atomic mass is 10.1. The zero-order valence-corrected chi connectivity index (χ0v) is 14.7. The molecule has 0 radical (unpaired) electrons. The maximum atomic E-state index is 12.8. The Kier molecular flexibility index (Phi) is 5.00. The molecule has 7 nitrogen and oxygen atoms in total. The van der Waals surface area contributed by atoms with Gasteiger partial charge in [0, 0.05) is 5.56 Å². The second kappa shape index (κ2) is 7.90. The Bertz CT molecular complexity index is 897. The SMILES string of the molecule is O=C(N[C@H](Cc1ccccc1)Cn1cncn1)c1ccc2c(c1)OCCO2. The first-order valence-corrected chi connectivity index (χ1v) is 8.85. The Morgan fingerprint density at radius 1 is 1.11 bits per heavy atom. The molecule has 0 saturated heterocycles. The number of rotatable bonds is 6. The van der Waals surface area contributed by atoms with E-state index in [9.17, 15) is 4.79 Å². The van der Waals surface area contributed by atoms with Crippen molar-refractivity contribution in [2.45, 2.75) is 19.0 Å². The minimum Gasteiger partial charge on any atom is -0.486 e. The standard InChI is InChI=1S/C20H20N4O3/c25-20(16-6-7-18-19(11-16)27-9-8-26-18)23-17(12-24-14-21-13-22-24)10-15-4-2-1-3-5-15/h1-7,11,13-14,17H,8-10,12H2,(H,23,25)/t17-/m1/s1. The molecule has 0 saturated carbocycles. The monoisotopic (exact) mass is 364 g/mol. The molecule has 0 bridgehead atoms. The van der Waals surface area contributed by atoms with E-state index in [0.29, 0.717) is 43.2 Å². The normalized spacial score (nSPS) is 13.8. The highest BCUT2D eigenvalue weighted by Gasteiger charge is 2.18. The van der Waals surface area contributed by atoms with Crippen LogP contribution >= 0.6 is 0 Å². The van der Waals surface area contributed by atoms with E-state index >= 15 is 0 Å². The van der Waals surface area contributed by atoms with Crippen molar-refractivity contribution in [1.29, 1.82) is 0 Å². The number of hydrogen-bond acceptors (Lipinski definition) is 5. The van der Waals surface area contributed by atoms with Crippen molar-refractivity contribution in [1.82, 2.24) is 20.1 Å². The number of amides is 1. The molecule has 3 aromatic rings. The van der Waals surface area contributed by atoms with Crippen LogP contribution in [0.25, 0.3) is 0 Å². The summed E-state index contributed by atoms with van der Waals surface area (Å²) in [5, 5.41) is 7.26. The summed E-state index contributed by atoms with van der Waals surface area (Å²) in [6.45, 7) is 1.54. The van der Waals surface area contributed by atoms with Gasteiger partial charge in [0.1, 0.15) is 25.9 Å². The van der Waals surface area contributed by atoms with E-state index in [-0.39, 0.29) is 11.9 Å². The van der Waals surface area contributed by atoms with Gasteiger partial charge in [-0.25, -0.2) is 4.98 Å². The Balaban J connectivity index is 1.50. The Labute approximate surface area is 156 Å². The molecular formula is C20H20N4O3. The number of ether oxygens (including phenoxy) is 2. The average molecular weight is 364 g/mol. The van der Waals surface area contributed by atoms with Gasteiger partial charge in [0.05, 0.1) is 12.6 Å². The number of aromatic nitrogens is 3. The van der Waals surface area contributed by atoms with E-state index in [2.05, 4.69) is 15.4 Å². The Morgan fingerprint density at radius 3 is 2.70 bits per heavy atom. The van der Waals surface area contributed by atoms with Crippen LogP contribution in [0, 0.1) is 0 Å². The molecule has 1 atom stereocenters. The molecule has 7 heteroatoms. The molecule has 1 aromatic heterocycles. The van der Waals surface area contributed by atoms with Gasteiger partial charge in [-0.3, -0.25) is 9.48 Å². The molecule has 138 valence electrons. The highest BCUT2D eigenvalue weighted by molar-refractivity contribution is 5.95. The van der Waals surface area contributed by atoms with E-state index in [1.807, 2.05) is 30.3 Å². The summed E-state index contributed by atoms with van der Waals surface area (Å²) in [4.78, 5) is 16.8. The fraction of sp³-hybridized carbons (Fsp3) is 0.250. The van der Waals surface area contributed by atoms with Crippen molar-refractivity contribution < 1.29 is 14.3 Å². The number of fused-ring (bicyclic) bond motifs is 1. The second-order valence-electron chi connectivity index (χ2n) is 6.34. The third-order valence-electron chi connectivity index (χ3n) is 4.34. The average Bonchev–Trinajstić information content (AvgIpc) is 3.21. The molecule has 0 unspecified atom stereocenters. The van der Waals surface area contributed by atoms with Gasteiger partial charge in [0.25, 0.3) is 5.91 Å². The third kappa shape index (κ3) is 4.25. The van der Waals surface area contributed by atoms with Crippen molar-refractivity contribution in [2.24, 2.45) is 0 Å². The van der Waals surface area contributed by atoms with Crippen LogP contribution in [0.5, 0.6) is 11.5 Å². The summed E-state index contributed by atoms with van der Waals surface area (Å²) >= 11 is 0. The summed E-state index contributed by atoms with van der Waals surface area (Å²) in [5.41, 5.74) is 1.68. The summed E-state index contributed by atoms with van der Waals surface area (Å²) < 4.78 is 12.8. The van der Waals surface area contributed by atoms with E-state index in [1.165, 1.54) is 6.33 Å². The molecule has 0 fully saturated rings. The fourth-order valence-electron chi connectivity index (χ4n) is 3.07. The van der Waals surface area contributed by atoms with Gasteiger partial charge in [-0.1, -0.05) is 30.3 Å². The first kappa shape index (κ1) is 17.1. The summed E-state index contributed by atoms with van der Waals surface area (Å²) in [6, 6.07) is 15.2. The predicted molar refractivity (Wildman–Crippen MR) is 98.9 cm³/mol. The highest BCUT2D eigenvalue weighted by Crippen LogP contribution is 2.30. The minimum atomic E-state index is -0.159. The van der Waals surface area contributed by atoms with Crippen LogP contribution in [0.4, 0.5) is 0 Å². The van der Waals surface area contributed by atoms with Crippen LogP contribution in [0.2, 0.25) is 0 Å². The largest absolute Gasteiger partial charge is 0.486 e. The van der Waals surface area contributed by atoms with Gasteiger partial charge in [-0.15, -0.1) is 0 Å². The number of carbonyl (C=O) groups excluding carboxylic acids is 1. The van der Waals surface area contributed by atoms with Crippen LogP contribution in [-0.4, -0.2) is 39.9 Å². The zero-order valence-electron chi connectivity index (χ0n) is 14.7. The van der Waals surface area contributed by atoms with Crippen LogP contribution < -0.4 is 14.8 Å². The van der Waals surface area contributed by atoms with Crippen molar-refractivity contribution in [3.05, 3.63) is 72.3 Å². The minimum absolute atomic E-state index is 0.130. The number of carbonyl (C=O) groups is 1. The number of hydrogen-bond donors (Lipinski definition) is 1. The van der Waals surface area contributed by atoms with E-state index in [0.717, 1.165) is 5.56 Å². The zero-order chi connectivity index (χ0) is 18.5. The van der Waals surface area contributed by atoms with Crippen molar-refractivity contribution in [3.8, 4) is 11.5 Å². The molecule has 1 amide bonds. The molecule has 1 N–H and O–H groups in total. The van der Waals surface area contributed by atoms with Crippen LogP contribution in [0.1, 0.15) is 15.9 Å². The van der Waals surface area contributed by atoms with Crippen LogP contribution in [0.15, 0.2) is 61.2 Å². The smallest absolute Gasteiger partial charge is 0.251 e. The second-order valence-corrected chi connectivity index (χ2v) is 6.34. The van der Waals surface area contributed by atoms with Gasteiger partial charge < -0.3 is 14.8 Å². The van der Waals surface area contributed by atoms with Crippen LogP contribution in [0.3, 0.4) is 0 Å². The Hall–Kier alpha value is -3.35. The molecule has 0 aliphatic carbocycles. The van der Waals surface area contributed by atoms with Gasteiger partial charge in [-0.2, -0.15) is 5.10 Å². The molecule has 1 aliphatic rings. The van der Waals surface area contributed by atoms with Gasteiger partial charge in [0.15, 0.2) is 11.5 Å². The van der Waals surface area contributed by atoms with E-state index < -0.39 is 0 Å². The van der Waals surface area contributed by atoms with Crippen LogP contribution in [-0.2, 0) is 13.0 Å². The van der Waals surface area contributed by atoms with Gasteiger partial charge >= 0.3 is 0 Å². The first-order valence-electron chi connectivity index (χ1n) is 8.85. The summed E-state index contributed by atoms with van der Waals surface area (Å²) in [6.07, 6.45) is 3.83. The molecule has 2 heterocycles. The molecule has 4 rings (SSSR count). The predicted octanol–water partition coefficient (Wildman–Crippen LogP) is 2.09. The molecular weight excluding hydrogens is 344 g/mol.